The normalized spacial score (nSPS) is 10.3. The van der Waals surface area contributed by atoms with Crippen LogP contribution in [0.25, 0.3) is 0 Å². The van der Waals surface area contributed by atoms with E-state index in [1.54, 1.807) is 19.4 Å². The highest BCUT2D eigenvalue weighted by Crippen LogP contribution is 2.34. The molecule has 0 spiro atoms. The van der Waals surface area contributed by atoms with E-state index in [0.29, 0.717) is 11.3 Å². The van der Waals surface area contributed by atoms with E-state index >= 15 is 0 Å². The Morgan fingerprint density at radius 1 is 1.32 bits per heavy atom. The number of ketones is 1. The molecule has 0 radical (unpaired) electrons. The summed E-state index contributed by atoms with van der Waals surface area (Å²) in [6, 6.07) is 9.37. The van der Waals surface area contributed by atoms with Crippen molar-refractivity contribution < 1.29 is 9.53 Å². The lowest BCUT2D eigenvalue weighted by Crippen LogP contribution is -1.99. The predicted octanol–water partition coefficient (Wildman–Crippen LogP) is 4.21. The van der Waals surface area contributed by atoms with Gasteiger partial charge >= 0.3 is 0 Å². The largest absolute Gasteiger partial charge is 0.496 e. The Kier molecular flexibility index (Phi) is 4.61. The number of carbonyl (C=O) groups is 1. The van der Waals surface area contributed by atoms with Crippen molar-refractivity contribution in [2.24, 2.45) is 0 Å². The van der Waals surface area contributed by atoms with Crippen LogP contribution in [0.15, 0.2) is 50.9 Å². The zero-order valence-corrected chi connectivity index (χ0v) is 12.9. The molecule has 0 fully saturated rings. The van der Waals surface area contributed by atoms with Crippen molar-refractivity contribution in [2.45, 2.75) is 16.8 Å². The number of methoxy groups -OCH3 is 1. The number of benzene rings is 1. The molecule has 0 amide bonds. The number of Topliss-reactive ketones (excluding diaryl/α,β-unsaturated/α-hetero) is 1. The third-order valence-electron chi connectivity index (χ3n) is 2.47. The van der Waals surface area contributed by atoms with Crippen LogP contribution in [-0.2, 0) is 0 Å². The average Bonchev–Trinajstić information content (AvgIpc) is 2.40. The van der Waals surface area contributed by atoms with Crippen LogP contribution in [0.4, 0.5) is 0 Å². The van der Waals surface area contributed by atoms with Gasteiger partial charge in [-0.15, -0.1) is 0 Å². The lowest BCUT2D eigenvalue weighted by atomic mass is 10.1. The Hall–Kier alpha value is -1.33. The maximum absolute atomic E-state index is 11.8. The molecule has 0 bridgehead atoms. The van der Waals surface area contributed by atoms with Crippen molar-refractivity contribution in [2.75, 3.05) is 7.11 Å². The molecule has 0 aliphatic rings. The number of aromatic nitrogens is 1. The van der Waals surface area contributed by atoms with E-state index in [9.17, 15) is 4.79 Å². The average molecular weight is 338 g/mol. The van der Waals surface area contributed by atoms with Crippen LogP contribution in [0.5, 0.6) is 5.75 Å². The van der Waals surface area contributed by atoms with E-state index in [2.05, 4.69) is 20.9 Å². The SMILES string of the molecule is COc1cccc(Sc2ccc(Br)cn2)c1C(C)=O. The molecule has 3 nitrogen and oxygen atoms in total. The molecular formula is C14H12BrNO2S. The fourth-order valence-electron chi connectivity index (χ4n) is 1.65. The molecule has 0 aliphatic carbocycles. The summed E-state index contributed by atoms with van der Waals surface area (Å²) >= 11 is 4.79. The topological polar surface area (TPSA) is 39.2 Å². The summed E-state index contributed by atoms with van der Waals surface area (Å²) in [6.07, 6.45) is 1.73. The number of hydrogen-bond donors (Lipinski definition) is 0. The number of halogens is 1. The van der Waals surface area contributed by atoms with Gasteiger partial charge in [0.05, 0.1) is 12.7 Å². The molecular weight excluding hydrogens is 326 g/mol. The summed E-state index contributed by atoms with van der Waals surface area (Å²) in [4.78, 5) is 16.9. The first-order valence-corrected chi connectivity index (χ1v) is 7.20. The van der Waals surface area contributed by atoms with Crippen molar-refractivity contribution in [3.05, 3.63) is 46.6 Å². The Balaban J connectivity index is 2.39. The summed E-state index contributed by atoms with van der Waals surface area (Å²) in [5.74, 6) is 0.576. The van der Waals surface area contributed by atoms with Crippen LogP contribution in [0.3, 0.4) is 0 Å². The van der Waals surface area contributed by atoms with Crippen LogP contribution in [0, 0.1) is 0 Å². The van der Waals surface area contributed by atoms with Crippen LogP contribution in [0.2, 0.25) is 0 Å². The van der Waals surface area contributed by atoms with Crippen LogP contribution < -0.4 is 4.74 Å². The maximum atomic E-state index is 11.8. The van der Waals surface area contributed by atoms with E-state index in [0.717, 1.165) is 14.4 Å². The number of carbonyl (C=O) groups excluding carboxylic acids is 1. The number of hydrogen-bond acceptors (Lipinski definition) is 4. The predicted molar refractivity (Wildman–Crippen MR) is 79.1 cm³/mol. The lowest BCUT2D eigenvalue weighted by molar-refractivity contribution is 0.101. The molecule has 1 aromatic heterocycles. The van der Waals surface area contributed by atoms with E-state index in [1.165, 1.54) is 18.7 Å². The third-order valence-corrected chi connectivity index (χ3v) is 3.95. The van der Waals surface area contributed by atoms with Gasteiger partial charge in [-0.05, 0) is 47.1 Å². The Labute approximate surface area is 124 Å². The number of ether oxygens (including phenoxy) is 1. The molecule has 5 heteroatoms. The van der Waals surface area contributed by atoms with E-state index in [4.69, 9.17) is 4.74 Å². The van der Waals surface area contributed by atoms with Crippen molar-refractivity contribution in [3.63, 3.8) is 0 Å². The fraction of sp³-hybridized carbons (Fsp3) is 0.143. The molecule has 1 heterocycles. The lowest BCUT2D eigenvalue weighted by Gasteiger charge is -2.10. The van der Waals surface area contributed by atoms with Gasteiger partial charge in [0.25, 0.3) is 0 Å². The van der Waals surface area contributed by atoms with Gasteiger partial charge in [0.2, 0.25) is 0 Å². The summed E-state index contributed by atoms with van der Waals surface area (Å²) in [7, 11) is 1.56. The minimum atomic E-state index is -0.0166. The Bertz CT molecular complexity index is 599. The third kappa shape index (κ3) is 3.36. The van der Waals surface area contributed by atoms with Crippen molar-refractivity contribution in [1.29, 1.82) is 0 Å². The Morgan fingerprint density at radius 3 is 2.68 bits per heavy atom. The summed E-state index contributed by atoms with van der Waals surface area (Å²) < 4.78 is 6.17. The highest BCUT2D eigenvalue weighted by Gasteiger charge is 2.14. The van der Waals surface area contributed by atoms with E-state index in [1.807, 2.05) is 24.3 Å². The highest BCUT2D eigenvalue weighted by molar-refractivity contribution is 9.10. The van der Waals surface area contributed by atoms with Crippen molar-refractivity contribution in [1.82, 2.24) is 4.98 Å². The zero-order chi connectivity index (χ0) is 13.8. The minimum absolute atomic E-state index is 0.0166. The summed E-state index contributed by atoms with van der Waals surface area (Å²) in [6.45, 7) is 1.54. The molecule has 0 saturated heterocycles. The first kappa shape index (κ1) is 14.1. The smallest absolute Gasteiger partial charge is 0.164 e. The zero-order valence-electron chi connectivity index (χ0n) is 10.5. The molecule has 0 aliphatic heterocycles. The number of nitrogens with zero attached hydrogens (tertiary/aromatic N) is 1. The van der Waals surface area contributed by atoms with Crippen molar-refractivity contribution in [3.8, 4) is 5.75 Å². The fourth-order valence-corrected chi connectivity index (χ4v) is 2.84. The minimum Gasteiger partial charge on any atom is -0.496 e. The molecule has 19 heavy (non-hydrogen) atoms. The van der Waals surface area contributed by atoms with E-state index < -0.39 is 0 Å². The van der Waals surface area contributed by atoms with Crippen molar-refractivity contribution >= 4 is 33.5 Å². The van der Waals surface area contributed by atoms with Gasteiger partial charge in [0, 0.05) is 15.6 Å². The number of pyridine rings is 1. The van der Waals surface area contributed by atoms with Crippen LogP contribution in [-0.4, -0.2) is 17.9 Å². The molecule has 0 N–H and O–H groups in total. The summed E-state index contributed by atoms with van der Waals surface area (Å²) in [5, 5.41) is 0.832. The molecule has 1 aromatic carbocycles. The second-order valence-corrected chi connectivity index (χ2v) is 5.78. The standard InChI is InChI=1S/C14H12BrNO2S/c1-9(17)14-11(18-2)4-3-5-12(14)19-13-7-6-10(15)8-16-13/h3-8H,1-2H3. The van der Waals surface area contributed by atoms with Gasteiger partial charge < -0.3 is 4.74 Å². The molecule has 2 rings (SSSR count). The summed E-state index contributed by atoms with van der Waals surface area (Å²) in [5.41, 5.74) is 0.597. The van der Waals surface area contributed by atoms with Gasteiger partial charge in [-0.2, -0.15) is 0 Å². The van der Waals surface area contributed by atoms with Crippen LogP contribution in [0.1, 0.15) is 17.3 Å². The highest BCUT2D eigenvalue weighted by atomic mass is 79.9. The molecule has 0 unspecified atom stereocenters. The molecule has 0 atom stereocenters. The molecule has 0 saturated carbocycles. The monoisotopic (exact) mass is 337 g/mol. The first-order valence-electron chi connectivity index (χ1n) is 5.59. The van der Waals surface area contributed by atoms with Gasteiger partial charge in [-0.25, -0.2) is 4.98 Å². The van der Waals surface area contributed by atoms with Gasteiger partial charge in [0.1, 0.15) is 10.8 Å². The maximum Gasteiger partial charge on any atom is 0.164 e. The quantitative estimate of drug-likeness (QED) is 0.783. The van der Waals surface area contributed by atoms with Gasteiger partial charge in [0.15, 0.2) is 5.78 Å². The van der Waals surface area contributed by atoms with Gasteiger partial charge in [-0.1, -0.05) is 17.8 Å². The van der Waals surface area contributed by atoms with E-state index in [-0.39, 0.29) is 5.78 Å². The molecule has 2 aromatic rings. The molecule has 98 valence electrons. The van der Waals surface area contributed by atoms with Gasteiger partial charge in [-0.3, -0.25) is 4.79 Å². The second-order valence-electron chi connectivity index (χ2n) is 3.81. The second kappa shape index (κ2) is 6.21. The number of rotatable bonds is 4. The Morgan fingerprint density at radius 2 is 2.11 bits per heavy atom. The van der Waals surface area contributed by atoms with Crippen LogP contribution >= 0.6 is 27.7 Å². The first-order chi connectivity index (χ1) is 9.11.